The van der Waals surface area contributed by atoms with Crippen molar-refractivity contribution in [2.75, 3.05) is 0 Å². The van der Waals surface area contributed by atoms with Crippen LogP contribution in [0, 0.1) is 0 Å². The van der Waals surface area contributed by atoms with Gasteiger partial charge in [-0.15, -0.1) is 10.2 Å². The molecule has 2 heterocycles. The van der Waals surface area contributed by atoms with E-state index in [9.17, 15) is 14.4 Å². The van der Waals surface area contributed by atoms with E-state index in [4.69, 9.17) is 0 Å². The highest BCUT2D eigenvalue weighted by molar-refractivity contribution is 6.08. The average molecular weight is 405 g/mol. The van der Waals surface area contributed by atoms with Crippen LogP contribution >= 0.6 is 0 Å². The van der Waals surface area contributed by atoms with Crippen molar-refractivity contribution in [2.45, 2.75) is 25.4 Å². The molecule has 10 nitrogen and oxygen atoms in total. The van der Waals surface area contributed by atoms with Gasteiger partial charge in [-0.25, -0.2) is 4.79 Å². The van der Waals surface area contributed by atoms with Crippen LogP contribution in [0.15, 0.2) is 60.7 Å². The second-order valence-electron chi connectivity index (χ2n) is 6.74. The molecular weight excluding hydrogens is 386 g/mol. The van der Waals surface area contributed by atoms with Crippen LogP contribution in [-0.2, 0) is 21.7 Å². The lowest BCUT2D eigenvalue weighted by atomic mass is 9.87. The fraction of sp³-hybridized carbons (Fsp3) is 0.200. The lowest BCUT2D eigenvalue weighted by Crippen LogP contribution is -2.49. The Bertz CT molecular complexity index is 1080. The molecule has 1 atom stereocenters. The van der Waals surface area contributed by atoms with Crippen molar-refractivity contribution in [1.29, 1.82) is 0 Å². The Kier molecular flexibility index (Phi) is 4.97. The Hall–Kier alpha value is -4.08. The van der Waals surface area contributed by atoms with Gasteiger partial charge >= 0.3 is 6.03 Å². The number of carbonyl (C=O) groups is 3. The third kappa shape index (κ3) is 3.39. The van der Waals surface area contributed by atoms with Crippen LogP contribution in [0.3, 0.4) is 0 Å². The van der Waals surface area contributed by atoms with E-state index in [0.717, 1.165) is 10.4 Å². The SMILES string of the molecule is CCC1(c2ccccc2)NC(=O)N(NC(=O)Cn2nnc(-c3ccccc3)n2)C1=O. The number of imide groups is 1. The lowest BCUT2D eigenvalue weighted by Gasteiger charge is -2.25. The number of nitrogens with zero attached hydrogens (tertiary/aromatic N) is 5. The normalized spacial score (nSPS) is 18.4. The summed E-state index contributed by atoms with van der Waals surface area (Å²) in [7, 11) is 0. The number of benzene rings is 2. The van der Waals surface area contributed by atoms with Crippen LogP contribution in [0.25, 0.3) is 11.4 Å². The maximum absolute atomic E-state index is 13.0. The molecule has 0 spiro atoms. The van der Waals surface area contributed by atoms with Crippen molar-refractivity contribution in [2.24, 2.45) is 0 Å². The van der Waals surface area contributed by atoms with Crippen LogP contribution in [0.5, 0.6) is 0 Å². The number of rotatable bonds is 6. The molecular formula is C20H19N7O3. The Morgan fingerprint density at radius 1 is 1.07 bits per heavy atom. The molecule has 2 aromatic carbocycles. The third-order valence-corrected chi connectivity index (χ3v) is 4.89. The van der Waals surface area contributed by atoms with E-state index in [0.29, 0.717) is 22.8 Å². The summed E-state index contributed by atoms with van der Waals surface area (Å²) in [5.74, 6) is -0.811. The summed E-state index contributed by atoms with van der Waals surface area (Å²) in [4.78, 5) is 39.0. The first-order valence-corrected chi connectivity index (χ1v) is 9.38. The first-order valence-electron chi connectivity index (χ1n) is 9.38. The minimum atomic E-state index is -1.22. The highest BCUT2D eigenvalue weighted by Crippen LogP contribution is 2.31. The van der Waals surface area contributed by atoms with Gasteiger partial charge in [0.2, 0.25) is 5.82 Å². The number of hydrazine groups is 1. The number of hydrogen-bond donors (Lipinski definition) is 2. The molecule has 1 aliphatic rings. The first-order chi connectivity index (χ1) is 14.5. The average Bonchev–Trinajstić information content (AvgIpc) is 3.33. The molecule has 1 unspecified atom stereocenters. The molecule has 152 valence electrons. The molecule has 0 aliphatic carbocycles. The van der Waals surface area contributed by atoms with E-state index in [1.807, 2.05) is 36.4 Å². The van der Waals surface area contributed by atoms with Crippen molar-refractivity contribution in [1.82, 2.24) is 36.0 Å². The van der Waals surface area contributed by atoms with Gasteiger partial charge in [-0.05, 0) is 17.2 Å². The van der Waals surface area contributed by atoms with E-state index in [-0.39, 0.29) is 6.54 Å². The molecule has 1 aromatic heterocycles. The van der Waals surface area contributed by atoms with Gasteiger partial charge < -0.3 is 5.32 Å². The van der Waals surface area contributed by atoms with Gasteiger partial charge in [0.05, 0.1) is 0 Å². The molecule has 0 radical (unpaired) electrons. The highest BCUT2D eigenvalue weighted by atomic mass is 16.2. The van der Waals surface area contributed by atoms with E-state index >= 15 is 0 Å². The molecule has 1 fully saturated rings. The molecule has 0 saturated carbocycles. The molecule has 4 amide bonds. The van der Waals surface area contributed by atoms with E-state index in [1.165, 1.54) is 0 Å². The van der Waals surface area contributed by atoms with Gasteiger partial charge in [0.25, 0.3) is 11.8 Å². The number of carbonyl (C=O) groups excluding carboxylic acids is 3. The van der Waals surface area contributed by atoms with Crippen molar-refractivity contribution in [3.63, 3.8) is 0 Å². The second-order valence-corrected chi connectivity index (χ2v) is 6.74. The van der Waals surface area contributed by atoms with Crippen LogP contribution in [-0.4, -0.2) is 43.1 Å². The molecule has 2 N–H and O–H groups in total. The number of tetrazole rings is 1. The van der Waals surface area contributed by atoms with Crippen LogP contribution in [0.2, 0.25) is 0 Å². The molecule has 30 heavy (non-hydrogen) atoms. The molecule has 4 rings (SSSR count). The number of hydrogen-bond acceptors (Lipinski definition) is 6. The minimum Gasteiger partial charge on any atom is -0.318 e. The molecule has 0 bridgehead atoms. The summed E-state index contributed by atoms with van der Waals surface area (Å²) in [6.45, 7) is 1.49. The predicted octanol–water partition coefficient (Wildman–Crippen LogP) is 1.23. The molecule has 3 aromatic rings. The van der Waals surface area contributed by atoms with Gasteiger partial charge in [-0.1, -0.05) is 67.6 Å². The Morgan fingerprint density at radius 2 is 1.73 bits per heavy atom. The monoisotopic (exact) mass is 405 g/mol. The fourth-order valence-corrected chi connectivity index (χ4v) is 3.34. The first kappa shape index (κ1) is 19.2. The Morgan fingerprint density at radius 3 is 2.40 bits per heavy atom. The lowest BCUT2D eigenvalue weighted by molar-refractivity contribution is -0.139. The second kappa shape index (κ2) is 7.74. The summed E-state index contributed by atoms with van der Waals surface area (Å²) in [6.07, 6.45) is 0.332. The van der Waals surface area contributed by atoms with Crippen LogP contribution < -0.4 is 10.7 Å². The standard InChI is InChI=1S/C20H19N7O3/c1-2-20(15-11-7-4-8-12-15)18(29)27(19(30)21-20)23-16(28)13-26-24-17(22-25-26)14-9-5-3-6-10-14/h3-12H,2,13H2,1H3,(H,21,30)(H,23,28). The largest absolute Gasteiger partial charge is 0.344 e. The zero-order valence-corrected chi connectivity index (χ0v) is 16.1. The summed E-state index contributed by atoms with van der Waals surface area (Å²) >= 11 is 0. The van der Waals surface area contributed by atoms with Gasteiger partial charge in [0.1, 0.15) is 12.1 Å². The molecule has 1 saturated heterocycles. The fourth-order valence-electron chi connectivity index (χ4n) is 3.34. The van der Waals surface area contributed by atoms with Gasteiger partial charge in [0.15, 0.2) is 0 Å². The maximum Gasteiger partial charge on any atom is 0.344 e. The zero-order chi connectivity index (χ0) is 21.1. The van der Waals surface area contributed by atoms with Crippen molar-refractivity contribution in [3.05, 3.63) is 66.2 Å². The van der Waals surface area contributed by atoms with Crippen LogP contribution in [0.1, 0.15) is 18.9 Å². The number of nitrogens with one attached hydrogen (secondary N) is 2. The number of amides is 4. The quantitative estimate of drug-likeness (QED) is 0.595. The summed E-state index contributed by atoms with van der Waals surface area (Å²) < 4.78 is 0. The smallest absolute Gasteiger partial charge is 0.318 e. The Labute approximate surface area is 171 Å². The number of urea groups is 1. The summed E-state index contributed by atoms with van der Waals surface area (Å²) in [5.41, 5.74) is 2.52. The van der Waals surface area contributed by atoms with Gasteiger partial charge in [-0.2, -0.15) is 9.81 Å². The topological polar surface area (TPSA) is 122 Å². The van der Waals surface area contributed by atoms with Crippen molar-refractivity contribution >= 4 is 17.8 Å². The minimum absolute atomic E-state index is 0.304. The maximum atomic E-state index is 13.0. The van der Waals surface area contributed by atoms with Crippen LogP contribution in [0.4, 0.5) is 4.79 Å². The predicted molar refractivity (Wildman–Crippen MR) is 105 cm³/mol. The molecule has 10 heteroatoms. The highest BCUT2D eigenvalue weighted by Gasteiger charge is 2.52. The Balaban J connectivity index is 1.47. The van der Waals surface area contributed by atoms with Gasteiger partial charge in [0, 0.05) is 5.56 Å². The van der Waals surface area contributed by atoms with Crippen molar-refractivity contribution in [3.8, 4) is 11.4 Å². The van der Waals surface area contributed by atoms with E-state index < -0.39 is 23.4 Å². The number of aromatic nitrogens is 4. The summed E-state index contributed by atoms with van der Waals surface area (Å²) in [5, 5.41) is 15.3. The van der Waals surface area contributed by atoms with Crippen molar-refractivity contribution < 1.29 is 14.4 Å². The molecule has 1 aliphatic heterocycles. The van der Waals surface area contributed by atoms with Gasteiger partial charge in [-0.3, -0.25) is 15.0 Å². The third-order valence-electron chi connectivity index (χ3n) is 4.89. The summed E-state index contributed by atoms with van der Waals surface area (Å²) in [6, 6.07) is 17.4. The van der Waals surface area contributed by atoms with E-state index in [2.05, 4.69) is 26.2 Å². The van der Waals surface area contributed by atoms with E-state index in [1.54, 1.807) is 31.2 Å². The zero-order valence-electron chi connectivity index (χ0n) is 16.1.